The van der Waals surface area contributed by atoms with Gasteiger partial charge in [-0.2, -0.15) is 0 Å². The van der Waals surface area contributed by atoms with Gasteiger partial charge < -0.3 is 15.4 Å². The van der Waals surface area contributed by atoms with Crippen molar-refractivity contribution in [2.24, 2.45) is 0 Å². The van der Waals surface area contributed by atoms with E-state index in [0.717, 1.165) is 29.4 Å². The second kappa shape index (κ2) is 6.14. The lowest BCUT2D eigenvalue weighted by Crippen LogP contribution is -2.16. The first-order valence-corrected chi connectivity index (χ1v) is 6.60. The van der Waals surface area contributed by atoms with Crippen molar-refractivity contribution in [3.8, 4) is 5.75 Å². The molecule has 0 unspecified atom stereocenters. The summed E-state index contributed by atoms with van der Waals surface area (Å²) in [5, 5.41) is 0. The zero-order valence-corrected chi connectivity index (χ0v) is 11.5. The Morgan fingerprint density at radius 1 is 1.00 bits per heavy atom. The Kier molecular flexibility index (Phi) is 4.29. The maximum absolute atomic E-state index is 5.95. The van der Waals surface area contributed by atoms with Gasteiger partial charge in [0.1, 0.15) is 5.75 Å². The number of hydrogen-bond acceptors (Lipinski definition) is 3. The molecular formula is C16H20N2O. The molecule has 3 heteroatoms. The Balaban J connectivity index is 2.38. The summed E-state index contributed by atoms with van der Waals surface area (Å²) in [6.07, 6.45) is 0. The lowest BCUT2D eigenvalue weighted by molar-refractivity contribution is 0.340. The van der Waals surface area contributed by atoms with Gasteiger partial charge in [-0.25, -0.2) is 0 Å². The van der Waals surface area contributed by atoms with Crippen molar-refractivity contribution in [1.82, 2.24) is 0 Å². The van der Waals surface area contributed by atoms with E-state index in [9.17, 15) is 0 Å². The molecule has 2 N–H and O–H groups in total. The highest BCUT2D eigenvalue weighted by atomic mass is 16.5. The van der Waals surface area contributed by atoms with Gasteiger partial charge in [0.05, 0.1) is 6.61 Å². The van der Waals surface area contributed by atoms with Crippen LogP contribution >= 0.6 is 0 Å². The second-order valence-corrected chi connectivity index (χ2v) is 4.27. The average molecular weight is 256 g/mol. The predicted molar refractivity (Wildman–Crippen MR) is 81.1 cm³/mol. The number of benzene rings is 2. The Labute approximate surface area is 114 Å². The van der Waals surface area contributed by atoms with Gasteiger partial charge in [-0.05, 0) is 32.0 Å². The van der Waals surface area contributed by atoms with E-state index in [1.54, 1.807) is 0 Å². The van der Waals surface area contributed by atoms with Crippen molar-refractivity contribution in [2.45, 2.75) is 13.8 Å². The SMILES string of the molecule is CCOc1cc(N)cc(N(CC)c2ccccc2)c1. The lowest BCUT2D eigenvalue weighted by Gasteiger charge is -2.24. The van der Waals surface area contributed by atoms with E-state index >= 15 is 0 Å². The number of anilines is 3. The molecule has 0 bridgehead atoms. The van der Waals surface area contributed by atoms with Crippen molar-refractivity contribution in [3.05, 3.63) is 48.5 Å². The van der Waals surface area contributed by atoms with E-state index in [4.69, 9.17) is 10.5 Å². The number of nitrogens with zero attached hydrogens (tertiary/aromatic N) is 1. The van der Waals surface area contributed by atoms with E-state index in [-0.39, 0.29) is 0 Å². The van der Waals surface area contributed by atoms with Crippen molar-refractivity contribution < 1.29 is 4.74 Å². The third-order valence-electron chi connectivity index (χ3n) is 2.92. The summed E-state index contributed by atoms with van der Waals surface area (Å²) >= 11 is 0. The molecule has 100 valence electrons. The van der Waals surface area contributed by atoms with Crippen LogP contribution in [-0.4, -0.2) is 13.2 Å². The number of rotatable bonds is 5. The normalized spacial score (nSPS) is 10.2. The van der Waals surface area contributed by atoms with Gasteiger partial charge in [-0.15, -0.1) is 0 Å². The van der Waals surface area contributed by atoms with Crippen LogP contribution in [-0.2, 0) is 0 Å². The van der Waals surface area contributed by atoms with E-state index in [0.29, 0.717) is 6.61 Å². The molecule has 0 amide bonds. The maximum Gasteiger partial charge on any atom is 0.123 e. The topological polar surface area (TPSA) is 38.5 Å². The van der Waals surface area contributed by atoms with E-state index < -0.39 is 0 Å². The van der Waals surface area contributed by atoms with Crippen molar-refractivity contribution >= 4 is 17.1 Å². The standard InChI is InChI=1S/C16H20N2O/c1-3-18(14-8-6-5-7-9-14)15-10-13(17)11-16(12-15)19-4-2/h5-12H,3-4,17H2,1-2H3. The molecule has 19 heavy (non-hydrogen) atoms. The summed E-state index contributed by atoms with van der Waals surface area (Å²) < 4.78 is 5.55. The third kappa shape index (κ3) is 3.19. The van der Waals surface area contributed by atoms with E-state index in [1.165, 1.54) is 0 Å². The first-order chi connectivity index (χ1) is 9.24. The second-order valence-electron chi connectivity index (χ2n) is 4.27. The molecule has 3 nitrogen and oxygen atoms in total. The zero-order valence-electron chi connectivity index (χ0n) is 11.5. The van der Waals surface area contributed by atoms with Crippen molar-refractivity contribution in [1.29, 1.82) is 0 Å². The molecule has 0 spiro atoms. The third-order valence-corrected chi connectivity index (χ3v) is 2.92. The fourth-order valence-corrected chi connectivity index (χ4v) is 2.13. The molecule has 0 aliphatic rings. The summed E-state index contributed by atoms with van der Waals surface area (Å²) in [7, 11) is 0. The molecule has 0 aliphatic carbocycles. The van der Waals surface area contributed by atoms with E-state index in [2.05, 4.69) is 24.0 Å². The molecule has 0 fully saturated rings. The minimum absolute atomic E-state index is 0.639. The molecule has 0 atom stereocenters. The molecule has 0 aliphatic heterocycles. The highest BCUT2D eigenvalue weighted by molar-refractivity contribution is 5.68. The highest BCUT2D eigenvalue weighted by Gasteiger charge is 2.09. The maximum atomic E-state index is 5.95. The average Bonchev–Trinajstić information content (AvgIpc) is 2.40. The van der Waals surface area contributed by atoms with Crippen molar-refractivity contribution in [2.75, 3.05) is 23.8 Å². The largest absolute Gasteiger partial charge is 0.494 e. The Hall–Kier alpha value is -2.16. The summed E-state index contributed by atoms with van der Waals surface area (Å²) in [4.78, 5) is 2.21. The van der Waals surface area contributed by atoms with Gasteiger partial charge in [0, 0.05) is 35.7 Å². The summed E-state index contributed by atoms with van der Waals surface area (Å²) in [5.41, 5.74) is 8.88. The summed E-state index contributed by atoms with van der Waals surface area (Å²) in [6.45, 7) is 5.60. The minimum atomic E-state index is 0.639. The van der Waals surface area contributed by atoms with Crippen LogP contribution in [0.25, 0.3) is 0 Å². The number of nitrogen functional groups attached to an aromatic ring is 1. The van der Waals surface area contributed by atoms with Gasteiger partial charge in [0.25, 0.3) is 0 Å². The molecule has 0 aromatic heterocycles. The molecule has 0 heterocycles. The number of para-hydroxylation sites is 1. The number of ether oxygens (including phenoxy) is 1. The van der Waals surface area contributed by atoms with Gasteiger partial charge in [-0.3, -0.25) is 0 Å². The van der Waals surface area contributed by atoms with Crippen LogP contribution < -0.4 is 15.4 Å². The summed E-state index contributed by atoms with van der Waals surface area (Å²) in [6, 6.07) is 16.1. The number of nitrogens with two attached hydrogens (primary N) is 1. The van der Waals surface area contributed by atoms with Gasteiger partial charge in [0.15, 0.2) is 0 Å². The van der Waals surface area contributed by atoms with E-state index in [1.807, 2.05) is 43.3 Å². The fourth-order valence-electron chi connectivity index (χ4n) is 2.13. The van der Waals surface area contributed by atoms with Gasteiger partial charge >= 0.3 is 0 Å². The molecular weight excluding hydrogens is 236 g/mol. The zero-order chi connectivity index (χ0) is 13.7. The molecule has 0 saturated carbocycles. The Bertz CT molecular complexity index is 526. The highest BCUT2D eigenvalue weighted by Crippen LogP contribution is 2.30. The van der Waals surface area contributed by atoms with Crippen LogP contribution in [0.1, 0.15) is 13.8 Å². The smallest absolute Gasteiger partial charge is 0.123 e. The first kappa shape index (κ1) is 13.3. The molecule has 0 radical (unpaired) electrons. The monoisotopic (exact) mass is 256 g/mol. The minimum Gasteiger partial charge on any atom is -0.494 e. The van der Waals surface area contributed by atoms with Crippen LogP contribution in [0.15, 0.2) is 48.5 Å². The Morgan fingerprint density at radius 3 is 2.37 bits per heavy atom. The van der Waals surface area contributed by atoms with Crippen LogP contribution in [0.2, 0.25) is 0 Å². The Morgan fingerprint density at radius 2 is 1.74 bits per heavy atom. The van der Waals surface area contributed by atoms with Crippen LogP contribution in [0, 0.1) is 0 Å². The van der Waals surface area contributed by atoms with Crippen molar-refractivity contribution in [3.63, 3.8) is 0 Å². The lowest BCUT2D eigenvalue weighted by atomic mass is 10.2. The first-order valence-electron chi connectivity index (χ1n) is 6.60. The van der Waals surface area contributed by atoms with Crippen LogP contribution in [0.5, 0.6) is 5.75 Å². The molecule has 2 aromatic rings. The van der Waals surface area contributed by atoms with Gasteiger partial charge in [-0.1, -0.05) is 18.2 Å². The van der Waals surface area contributed by atoms with Crippen LogP contribution in [0.3, 0.4) is 0 Å². The fraction of sp³-hybridized carbons (Fsp3) is 0.250. The summed E-state index contributed by atoms with van der Waals surface area (Å²) in [5.74, 6) is 0.812. The van der Waals surface area contributed by atoms with Gasteiger partial charge in [0.2, 0.25) is 0 Å². The predicted octanol–water partition coefficient (Wildman–Crippen LogP) is 3.83. The quantitative estimate of drug-likeness (QED) is 0.826. The molecule has 0 saturated heterocycles. The molecule has 2 rings (SSSR count). The molecule has 2 aromatic carbocycles. The number of hydrogen-bond donors (Lipinski definition) is 1. The van der Waals surface area contributed by atoms with Crippen LogP contribution in [0.4, 0.5) is 17.1 Å².